The van der Waals surface area contributed by atoms with Gasteiger partial charge < -0.3 is 9.67 Å². The summed E-state index contributed by atoms with van der Waals surface area (Å²) in [5.74, 6) is 0.368. The van der Waals surface area contributed by atoms with Crippen molar-refractivity contribution in [2.24, 2.45) is 7.05 Å². The van der Waals surface area contributed by atoms with E-state index in [0.717, 1.165) is 10.7 Å². The van der Waals surface area contributed by atoms with Gasteiger partial charge in [-0.25, -0.2) is 9.48 Å². The lowest BCUT2D eigenvalue weighted by Crippen LogP contribution is -2.10. The van der Waals surface area contributed by atoms with Crippen LogP contribution in [-0.4, -0.2) is 40.8 Å². The third kappa shape index (κ3) is 2.31. The van der Waals surface area contributed by atoms with Gasteiger partial charge in [0.25, 0.3) is 0 Å². The van der Waals surface area contributed by atoms with Crippen molar-refractivity contribution in [1.82, 2.24) is 29.8 Å². The summed E-state index contributed by atoms with van der Waals surface area (Å²) in [6.07, 6.45) is 0. The summed E-state index contributed by atoms with van der Waals surface area (Å²) < 4.78 is 3.37. The number of aromatic nitrogens is 6. The standard InChI is InChI=1S/C12H12N6O2S/c1-7-13-14-9(17(7)2)6-18-11(8-4-3-5-21-8)10(12(19)20)15-16-18/h3-5H,6H2,1-2H3,(H,19,20). The van der Waals surface area contributed by atoms with Crippen LogP contribution >= 0.6 is 11.3 Å². The van der Waals surface area contributed by atoms with E-state index in [0.29, 0.717) is 18.1 Å². The van der Waals surface area contributed by atoms with Crippen molar-refractivity contribution >= 4 is 17.3 Å². The molecule has 0 aliphatic heterocycles. The van der Waals surface area contributed by atoms with E-state index in [1.54, 1.807) is 4.68 Å². The van der Waals surface area contributed by atoms with Crippen LogP contribution in [-0.2, 0) is 13.6 Å². The molecule has 0 amide bonds. The van der Waals surface area contributed by atoms with Gasteiger partial charge in [-0.1, -0.05) is 11.3 Å². The zero-order chi connectivity index (χ0) is 15.0. The summed E-state index contributed by atoms with van der Waals surface area (Å²) in [6, 6.07) is 3.70. The maximum Gasteiger partial charge on any atom is 0.358 e. The van der Waals surface area contributed by atoms with Crippen LogP contribution in [0.2, 0.25) is 0 Å². The Kier molecular flexibility index (Phi) is 3.26. The molecule has 3 rings (SSSR count). The van der Waals surface area contributed by atoms with Gasteiger partial charge in [0.05, 0.1) is 4.88 Å². The Hall–Kier alpha value is -2.55. The highest BCUT2D eigenvalue weighted by atomic mass is 32.1. The number of thiophene rings is 1. The lowest BCUT2D eigenvalue weighted by molar-refractivity contribution is 0.0691. The first-order valence-electron chi connectivity index (χ1n) is 6.13. The van der Waals surface area contributed by atoms with Gasteiger partial charge in [-0.15, -0.1) is 26.6 Å². The molecule has 0 spiro atoms. The highest BCUT2D eigenvalue weighted by molar-refractivity contribution is 7.13. The molecule has 0 aromatic carbocycles. The molecule has 0 radical (unpaired) electrons. The Morgan fingerprint density at radius 3 is 2.76 bits per heavy atom. The van der Waals surface area contributed by atoms with E-state index in [-0.39, 0.29) is 5.69 Å². The van der Waals surface area contributed by atoms with Gasteiger partial charge in [0.1, 0.15) is 18.1 Å². The van der Waals surface area contributed by atoms with E-state index < -0.39 is 5.97 Å². The number of aryl methyl sites for hydroxylation is 1. The number of hydrogen-bond acceptors (Lipinski definition) is 6. The molecule has 0 saturated heterocycles. The minimum Gasteiger partial charge on any atom is -0.476 e. The van der Waals surface area contributed by atoms with Gasteiger partial charge in [-0.2, -0.15) is 0 Å². The van der Waals surface area contributed by atoms with Crippen LogP contribution in [0.4, 0.5) is 0 Å². The van der Waals surface area contributed by atoms with E-state index in [9.17, 15) is 9.90 Å². The SMILES string of the molecule is Cc1nnc(Cn2nnc(C(=O)O)c2-c2cccs2)n1C. The Balaban J connectivity index is 2.07. The number of carboxylic acids is 1. The summed E-state index contributed by atoms with van der Waals surface area (Å²) in [4.78, 5) is 12.1. The molecule has 21 heavy (non-hydrogen) atoms. The number of nitrogens with zero attached hydrogens (tertiary/aromatic N) is 6. The second-order valence-corrected chi connectivity index (χ2v) is 5.40. The molecule has 3 heterocycles. The average Bonchev–Trinajstić information content (AvgIpc) is 3.15. The molecule has 8 nitrogen and oxygen atoms in total. The molecule has 108 valence electrons. The van der Waals surface area contributed by atoms with E-state index >= 15 is 0 Å². The number of carboxylic acid groups (broad SMARTS) is 1. The monoisotopic (exact) mass is 304 g/mol. The normalized spacial score (nSPS) is 11.0. The van der Waals surface area contributed by atoms with Crippen molar-refractivity contribution < 1.29 is 9.90 Å². The molecule has 0 saturated carbocycles. The average molecular weight is 304 g/mol. The van der Waals surface area contributed by atoms with Gasteiger partial charge >= 0.3 is 5.97 Å². The number of carbonyl (C=O) groups is 1. The molecule has 0 bridgehead atoms. The second-order valence-electron chi connectivity index (χ2n) is 4.45. The topological polar surface area (TPSA) is 98.7 Å². The van der Waals surface area contributed by atoms with Crippen LogP contribution in [0.15, 0.2) is 17.5 Å². The minimum absolute atomic E-state index is 0.0589. The minimum atomic E-state index is -1.10. The van der Waals surface area contributed by atoms with Crippen LogP contribution in [0.3, 0.4) is 0 Å². The number of rotatable bonds is 4. The van der Waals surface area contributed by atoms with Crippen molar-refractivity contribution in [3.63, 3.8) is 0 Å². The molecular formula is C12H12N6O2S. The summed E-state index contributed by atoms with van der Waals surface area (Å²) >= 11 is 1.44. The zero-order valence-electron chi connectivity index (χ0n) is 11.4. The molecular weight excluding hydrogens is 292 g/mol. The van der Waals surface area contributed by atoms with Crippen molar-refractivity contribution in [1.29, 1.82) is 0 Å². The predicted octanol–water partition coefficient (Wildman–Crippen LogP) is 1.19. The van der Waals surface area contributed by atoms with Gasteiger partial charge in [0.2, 0.25) is 0 Å². The van der Waals surface area contributed by atoms with Crippen molar-refractivity contribution in [3.05, 3.63) is 34.9 Å². The van der Waals surface area contributed by atoms with Crippen LogP contribution in [0.5, 0.6) is 0 Å². The lowest BCUT2D eigenvalue weighted by Gasteiger charge is -2.05. The Morgan fingerprint density at radius 2 is 2.19 bits per heavy atom. The third-order valence-corrected chi connectivity index (χ3v) is 4.04. The van der Waals surface area contributed by atoms with Crippen LogP contribution in [0, 0.1) is 6.92 Å². The predicted molar refractivity (Wildman–Crippen MR) is 75.1 cm³/mol. The highest BCUT2D eigenvalue weighted by Gasteiger charge is 2.22. The quantitative estimate of drug-likeness (QED) is 0.777. The van der Waals surface area contributed by atoms with Crippen LogP contribution < -0.4 is 0 Å². The molecule has 0 aliphatic rings. The second kappa shape index (κ2) is 5.09. The van der Waals surface area contributed by atoms with Crippen LogP contribution in [0.25, 0.3) is 10.6 Å². The van der Waals surface area contributed by atoms with Crippen LogP contribution in [0.1, 0.15) is 22.1 Å². The summed E-state index contributed by atoms with van der Waals surface area (Å²) in [7, 11) is 1.85. The molecule has 1 N–H and O–H groups in total. The lowest BCUT2D eigenvalue weighted by atomic mass is 10.2. The molecule has 3 aromatic heterocycles. The molecule has 3 aromatic rings. The smallest absolute Gasteiger partial charge is 0.358 e. The fourth-order valence-corrected chi connectivity index (χ4v) is 2.72. The van der Waals surface area contributed by atoms with Crippen molar-refractivity contribution in [2.75, 3.05) is 0 Å². The van der Waals surface area contributed by atoms with E-state index in [4.69, 9.17) is 0 Å². The largest absolute Gasteiger partial charge is 0.476 e. The third-order valence-electron chi connectivity index (χ3n) is 3.17. The first-order chi connectivity index (χ1) is 10.1. The molecule has 0 unspecified atom stereocenters. The van der Waals surface area contributed by atoms with Crippen molar-refractivity contribution in [2.45, 2.75) is 13.5 Å². The number of aromatic carboxylic acids is 1. The molecule has 9 heteroatoms. The molecule has 0 atom stereocenters. The molecule has 0 aliphatic carbocycles. The highest BCUT2D eigenvalue weighted by Crippen LogP contribution is 2.27. The summed E-state index contributed by atoms with van der Waals surface area (Å²) in [5.41, 5.74) is 0.425. The zero-order valence-corrected chi connectivity index (χ0v) is 12.2. The molecule has 0 fully saturated rings. The van der Waals surface area contributed by atoms with Crippen molar-refractivity contribution in [3.8, 4) is 10.6 Å². The van der Waals surface area contributed by atoms with Gasteiger partial charge in [0, 0.05) is 7.05 Å². The Bertz CT molecular complexity index is 789. The van der Waals surface area contributed by atoms with E-state index in [2.05, 4.69) is 20.5 Å². The number of hydrogen-bond donors (Lipinski definition) is 1. The van der Waals surface area contributed by atoms with E-state index in [1.165, 1.54) is 11.3 Å². The Labute approximate surface area is 123 Å². The van der Waals surface area contributed by atoms with E-state index in [1.807, 2.05) is 36.1 Å². The first-order valence-corrected chi connectivity index (χ1v) is 7.01. The Morgan fingerprint density at radius 1 is 1.38 bits per heavy atom. The fraction of sp³-hybridized carbons (Fsp3) is 0.250. The summed E-state index contributed by atoms with van der Waals surface area (Å²) in [6.45, 7) is 2.16. The summed E-state index contributed by atoms with van der Waals surface area (Å²) in [5, 5.41) is 26.9. The maximum absolute atomic E-state index is 11.3. The maximum atomic E-state index is 11.3. The van der Waals surface area contributed by atoms with Gasteiger partial charge in [0.15, 0.2) is 11.5 Å². The van der Waals surface area contributed by atoms with Gasteiger partial charge in [-0.05, 0) is 18.4 Å². The fourth-order valence-electron chi connectivity index (χ4n) is 1.95. The van der Waals surface area contributed by atoms with Gasteiger partial charge in [-0.3, -0.25) is 0 Å². The first kappa shape index (κ1) is 13.4.